The highest BCUT2D eigenvalue weighted by atomic mass is 79.9. The average molecular weight is 493 g/mol. The number of hydrogen-bond acceptors (Lipinski definition) is 5. The van der Waals surface area contributed by atoms with E-state index in [1.165, 1.54) is 30.3 Å². The van der Waals surface area contributed by atoms with Crippen molar-refractivity contribution >= 4 is 45.5 Å². The lowest BCUT2D eigenvalue weighted by atomic mass is 10.1. The SMILES string of the molecule is O=C1NC(=O)N(c2ccc(O)cc2)C(=O)/C1=C/c1ccc(OCc2ccccc2)c(Br)c1. The Bertz CT molecular complexity index is 1220. The quantitative estimate of drug-likeness (QED) is 0.406. The standard InChI is InChI=1S/C24H17BrN2O5/c25-20-13-16(6-11-21(20)32-14-15-4-2-1-3-5-15)12-19-22(29)26-24(31)27(23(19)30)17-7-9-18(28)10-8-17/h1-13,28H,14H2,(H,26,29,31)/b19-12+. The van der Waals surface area contributed by atoms with Gasteiger partial charge in [0.05, 0.1) is 10.2 Å². The fraction of sp³-hybridized carbons (Fsp3) is 0.0417. The normalized spacial score (nSPS) is 15.1. The Morgan fingerprint density at radius 3 is 2.38 bits per heavy atom. The fourth-order valence-corrected chi connectivity index (χ4v) is 3.63. The van der Waals surface area contributed by atoms with Crippen molar-refractivity contribution in [2.75, 3.05) is 4.90 Å². The molecule has 2 N–H and O–H groups in total. The summed E-state index contributed by atoms with van der Waals surface area (Å²) in [4.78, 5) is 38.4. The van der Waals surface area contributed by atoms with Crippen LogP contribution in [0.15, 0.2) is 82.8 Å². The highest BCUT2D eigenvalue weighted by Crippen LogP contribution is 2.29. The lowest BCUT2D eigenvalue weighted by Gasteiger charge is -2.26. The number of ether oxygens (including phenoxy) is 1. The molecule has 160 valence electrons. The van der Waals surface area contributed by atoms with Gasteiger partial charge in [0.2, 0.25) is 0 Å². The molecule has 0 atom stereocenters. The minimum Gasteiger partial charge on any atom is -0.508 e. The first-order chi connectivity index (χ1) is 15.4. The molecule has 0 unspecified atom stereocenters. The summed E-state index contributed by atoms with van der Waals surface area (Å²) in [5, 5.41) is 11.6. The Labute approximate surface area is 192 Å². The number of imide groups is 2. The van der Waals surface area contributed by atoms with Gasteiger partial charge in [0.1, 0.15) is 23.7 Å². The van der Waals surface area contributed by atoms with Crippen molar-refractivity contribution < 1.29 is 24.2 Å². The predicted molar refractivity (Wildman–Crippen MR) is 122 cm³/mol. The first kappa shape index (κ1) is 21.3. The maximum Gasteiger partial charge on any atom is 0.335 e. The van der Waals surface area contributed by atoms with Crippen LogP contribution in [0.1, 0.15) is 11.1 Å². The number of carbonyl (C=O) groups excluding carboxylic acids is 3. The molecule has 4 rings (SSSR count). The maximum absolute atomic E-state index is 12.9. The van der Waals surface area contributed by atoms with E-state index in [-0.39, 0.29) is 17.0 Å². The van der Waals surface area contributed by atoms with E-state index in [0.29, 0.717) is 22.4 Å². The molecule has 0 bridgehead atoms. The molecule has 4 amide bonds. The molecule has 8 heteroatoms. The summed E-state index contributed by atoms with van der Waals surface area (Å²) in [6.07, 6.45) is 1.41. The number of amides is 4. The number of halogens is 1. The second kappa shape index (κ2) is 9.07. The van der Waals surface area contributed by atoms with Gasteiger partial charge in [-0.15, -0.1) is 0 Å². The number of phenolic OH excluding ortho intramolecular Hbond substituents is 1. The zero-order chi connectivity index (χ0) is 22.7. The van der Waals surface area contributed by atoms with Gasteiger partial charge in [-0.2, -0.15) is 0 Å². The minimum absolute atomic E-state index is 0.00937. The van der Waals surface area contributed by atoms with Crippen molar-refractivity contribution in [1.29, 1.82) is 0 Å². The zero-order valence-corrected chi connectivity index (χ0v) is 18.2. The number of nitrogens with one attached hydrogen (secondary N) is 1. The average Bonchev–Trinajstić information content (AvgIpc) is 2.78. The molecule has 3 aromatic rings. The summed E-state index contributed by atoms with van der Waals surface area (Å²) in [5.41, 5.74) is 1.63. The second-order valence-electron chi connectivity index (χ2n) is 6.94. The number of rotatable bonds is 5. The number of phenols is 1. The van der Waals surface area contributed by atoms with Crippen LogP contribution in [0.5, 0.6) is 11.5 Å². The van der Waals surface area contributed by atoms with E-state index in [4.69, 9.17) is 4.74 Å². The van der Waals surface area contributed by atoms with E-state index < -0.39 is 17.8 Å². The molecule has 7 nitrogen and oxygen atoms in total. The molecule has 0 saturated carbocycles. The molecule has 1 heterocycles. The lowest BCUT2D eigenvalue weighted by Crippen LogP contribution is -2.54. The van der Waals surface area contributed by atoms with E-state index >= 15 is 0 Å². The van der Waals surface area contributed by atoms with Gasteiger partial charge in [0.25, 0.3) is 11.8 Å². The monoisotopic (exact) mass is 492 g/mol. The zero-order valence-electron chi connectivity index (χ0n) is 16.6. The smallest absolute Gasteiger partial charge is 0.335 e. The molecule has 32 heavy (non-hydrogen) atoms. The maximum atomic E-state index is 12.9. The number of aromatic hydroxyl groups is 1. The Balaban J connectivity index is 1.57. The Morgan fingerprint density at radius 2 is 1.69 bits per heavy atom. The van der Waals surface area contributed by atoms with Gasteiger partial charge in [0, 0.05) is 0 Å². The number of nitrogens with zero attached hydrogens (tertiary/aromatic N) is 1. The van der Waals surface area contributed by atoms with E-state index in [0.717, 1.165) is 10.5 Å². The van der Waals surface area contributed by atoms with Gasteiger partial charge in [0.15, 0.2) is 0 Å². The van der Waals surface area contributed by atoms with Crippen molar-refractivity contribution in [3.63, 3.8) is 0 Å². The summed E-state index contributed by atoms with van der Waals surface area (Å²) >= 11 is 3.45. The van der Waals surface area contributed by atoms with Crippen LogP contribution in [0, 0.1) is 0 Å². The third-order valence-corrected chi connectivity index (χ3v) is 5.33. The second-order valence-corrected chi connectivity index (χ2v) is 7.79. The van der Waals surface area contributed by atoms with Crippen molar-refractivity contribution in [3.05, 3.63) is 94.0 Å². The Hall–Kier alpha value is -3.91. The van der Waals surface area contributed by atoms with Gasteiger partial charge >= 0.3 is 6.03 Å². The van der Waals surface area contributed by atoms with E-state index in [1.807, 2.05) is 30.3 Å². The van der Waals surface area contributed by atoms with Gasteiger partial charge in [-0.3, -0.25) is 14.9 Å². The molecule has 0 spiro atoms. The van der Waals surface area contributed by atoms with Crippen LogP contribution in [0.4, 0.5) is 10.5 Å². The van der Waals surface area contributed by atoms with E-state index in [1.54, 1.807) is 18.2 Å². The first-order valence-corrected chi connectivity index (χ1v) is 10.4. The number of barbiturate groups is 1. The lowest BCUT2D eigenvalue weighted by molar-refractivity contribution is -0.122. The molecule has 1 aliphatic rings. The Morgan fingerprint density at radius 1 is 0.969 bits per heavy atom. The van der Waals surface area contributed by atoms with Crippen LogP contribution < -0.4 is 15.0 Å². The van der Waals surface area contributed by atoms with Crippen molar-refractivity contribution in [1.82, 2.24) is 5.32 Å². The summed E-state index contributed by atoms with van der Waals surface area (Å²) in [6.45, 7) is 0.393. The number of carbonyl (C=O) groups is 3. The largest absolute Gasteiger partial charge is 0.508 e. The summed E-state index contributed by atoms with van der Waals surface area (Å²) in [5.74, 6) is -0.943. The number of benzene rings is 3. The van der Waals surface area contributed by atoms with Crippen LogP contribution in [0.2, 0.25) is 0 Å². The van der Waals surface area contributed by atoms with Gasteiger partial charge in [-0.05, 0) is 69.5 Å². The molecular weight excluding hydrogens is 476 g/mol. The van der Waals surface area contributed by atoms with Crippen LogP contribution >= 0.6 is 15.9 Å². The van der Waals surface area contributed by atoms with E-state index in [9.17, 15) is 19.5 Å². The molecule has 1 saturated heterocycles. The van der Waals surface area contributed by atoms with Crippen LogP contribution in [0.3, 0.4) is 0 Å². The number of hydrogen-bond donors (Lipinski definition) is 2. The summed E-state index contributed by atoms with van der Waals surface area (Å²) < 4.78 is 6.47. The highest BCUT2D eigenvalue weighted by Gasteiger charge is 2.36. The van der Waals surface area contributed by atoms with Gasteiger partial charge in [-0.1, -0.05) is 36.4 Å². The third-order valence-electron chi connectivity index (χ3n) is 4.71. The molecule has 1 aliphatic heterocycles. The van der Waals surface area contributed by atoms with Gasteiger partial charge in [-0.25, -0.2) is 9.69 Å². The van der Waals surface area contributed by atoms with E-state index in [2.05, 4.69) is 21.2 Å². The highest BCUT2D eigenvalue weighted by molar-refractivity contribution is 9.10. The molecular formula is C24H17BrN2O5. The first-order valence-electron chi connectivity index (χ1n) is 9.59. The minimum atomic E-state index is -0.853. The molecule has 0 aliphatic carbocycles. The van der Waals surface area contributed by atoms with Crippen LogP contribution in [-0.4, -0.2) is 23.0 Å². The molecule has 0 radical (unpaired) electrons. The van der Waals surface area contributed by atoms with Crippen LogP contribution in [-0.2, 0) is 16.2 Å². The molecule has 0 aromatic heterocycles. The summed E-state index contributed by atoms with van der Waals surface area (Å²) in [6, 6.07) is 19.5. The van der Waals surface area contributed by atoms with Crippen molar-refractivity contribution in [3.8, 4) is 11.5 Å². The van der Waals surface area contributed by atoms with Gasteiger partial charge < -0.3 is 9.84 Å². The number of urea groups is 1. The third kappa shape index (κ3) is 4.55. The van der Waals surface area contributed by atoms with Crippen LogP contribution in [0.25, 0.3) is 6.08 Å². The van der Waals surface area contributed by atoms with Crippen molar-refractivity contribution in [2.24, 2.45) is 0 Å². The predicted octanol–water partition coefficient (Wildman–Crippen LogP) is 4.40. The summed E-state index contributed by atoms with van der Waals surface area (Å²) in [7, 11) is 0. The number of anilines is 1. The molecule has 3 aromatic carbocycles. The fourth-order valence-electron chi connectivity index (χ4n) is 3.12. The topological polar surface area (TPSA) is 95.9 Å². The Kier molecular flexibility index (Phi) is 6.04. The molecule has 1 fully saturated rings. The van der Waals surface area contributed by atoms with Crippen molar-refractivity contribution in [2.45, 2.75) is 6.61 Å².